The smallest absolute Gasteiger partial charge is 0.237 e. The maximum absolute atomic E-state index is 11.7. The van der Waals surface area contributed by atoms with Crippen molar-refractivity contribution in [2.24, 2.45) is 5.73 Å². The van der Waals surface area contributed by atoms with Gasteiger partial charge in [-0.25, -0.2) is 0 Å². The Labute approximate surface area is 97.0 Å². The molecule has 0 aliphatic rings. The Bertz CT molecular complexity index is 324. The van der Waals surface area contributed by atoms with Gasteiger partial charge in [-0.2, -0.15) is 0 Å². The van der Waals surface area contributed by atoms with E-state index in [1.165, 1.54) is 0 Å². The van der Waals surface area contributed by atoms with Gasteiger partial charge in [-0.15, -0.1) is 0 Å². The van der Waals surface area contributed by atoms with E-state index in [1.807, 2.05) is 44.2 Å². The highest BCUT2D eigenvalue weighted by atomic mass is 16.2. The number of rotatable bonds is 5. The number of nitrogens with one attached hydrogen (secondary N) is 1. The minimum atomic E-state index is -0.392. The van der Waals surface area contributed by atoms with Crippen molar-refractivity contribution in [3.63, 3.8) is 0 Å². The van der Waals surface area contributed by atoms with Crippen LogP contribution in [0.25, 0.3) is 0 Å². The van der Waals surface area contributed by atoms with Gasteiger partial charge in [-0.05, 0) is 18.9 Å². The molecule has 1 aromatic rings. The molecule has 3 heteroatoms. The van der Waals surface area contributed by atoms with Crippen molar-refractivity contribution in [2.45, 2.75) is 38.8 Å². The summed E-state index contributed by atoms with van der Waals surface area (Å²) in [6.45, 7) is 3.99. The molecule has 88 valence electrons. The van der Waals surface area contributed by atoms with Gasteiger partial charge in [0.15, 0.2) is 0 Å². The standard InChI is InChI=1S/C13H20N2O/c1-3-7-12(14)13(16)15-10(2)11-8-5-4-6-9-11/h4-6,8-10,12H,3,7,14H2,1-2H3,(H,15,16)/t10?,12-/m0/s1. The molecule has 0 saturated carbocycles. The summed E-state index contributed by atoms with van der Waals surface area (Å²) in [5, 5.41) is 2.92. The third-order valence-corrected chi connectivity index (χ3v) is 2.59. The number of benzene rings is 1. The van der Waals surface area contributed by atoms with Crippen LogP contribution in [0.15, 0.2) is 30.3 Å². The van der Waals surface area contributed by atoms with Crippen LogP contribution < -0.4 is 11.1 Å². The molecular formula is C13H20N2O. The number of carbonyl (C=O) groups is 1. The summed E-state index contributed by atoms with van der Waals surface area (Å²) in [5.41, 5.74) is 6.84. The van der Waals surface area contributed by atoms with E-state index in [2.05, 4.69) is 5.32 Å². The SMILES string of the molecule is CCC[C@H](N)C(=O)NC(C)c1ccccc1. The molecule has 0 bridgehead atoms. The average Bonchev–Trinajstić information content (AvgIpc) is 2.30. The lowest BCUT2D eigenvalue weighted by Crippen LogP contribution is -2.41. The fraction of sp³-hybridized carbons (Fsp3) is 0.462. The van der Waals surface area contributed by atoms with E-state index in [4.69, 9.17) is 5.73 Å². The zero-order chi connectivity index (χ0) is 12.0. The number of hydrogen-bond donors (Lipinski definition) is 2. The van der Waals surface area contributed by atoms with Crippen LogP contribution in [0, 0.1) is 0 Å². The van der Waals surface area contributed by atoms with E-state index >= 15 is 0 Å². The maximum Gasteiger partial charge on any atom is 0.237 e. The van der Waals surface area contributed by atoms with E-state index in [0.29, 0.717) is 0 Å². The van der Waals surface area contributed by atoms with Crippen molar-refractivity contribution in [3.05, 3.63) is 35.9 Å². The Morgan fingerprint density at radius 2 is 2.00 bits per heavy atom. The first-order valence-corrected chi connectivity index (χ1v) is 5.76. The molecule has 1 rings (SSSR count). The lowest BCUT2D eigenvalue weighted by molar-refractivity contribution is -0.123. The van der Waals surface area contributed by atoms with E-state index in [0.717, 1.165) is 18.4 Å². The fourth-order valence-corrected chi connectivity index (χ4v) is 1.59. The quantitative estimate of drug-likeness (QED) is 0.797. The van der Waals surface area contributed by atoms with Crippen LogP contribution in [-0.2, 0) is 4.79 Å². The minimum absolute atomic E-state index is 0.0107. The Morgan fingerprint density at radius 1 is 1.38 bits per heavy atom. The number of hydrogen-bond acceptors (Lipinski definition) is 2. The summed E-state index contributed by atoms with van der Waals surface area (Å²) < 4.78 is 0. The predicted octanol–water partition coefficient (Wildman–Crippen LogP) is 1.99. The Balaban J connectivity index is 2.51. The third-order valence-electron chi connectivity index (χ3n) is 2.59. The van der Waals surface area contributed by atoms with Crippen LogP contribution >= 0.6 is 0 Å². The van der Waals surface area contributed by atoms with Gasteiger partial charge in [0.1, 0.15) is 0 Å². The number of amides is 1. The van der Waals surface area contributed by atoms with Crippen molar-refractivity contribution < 1.29 is 4.79 Å². The largest absolute Gasteiger partial charge is 0.348 e. The first-order chi connectivity index (χ1) is 7.65. The van der Waals surface area contributed by atoms with Crippen LogP contribution in [0.3, 0.4) is 0 Å². The molecule has 0 heterocycles. The van der Waals surface area contributed by atoms with Gasteiger partial charge in [0.2, 0.25) is 5.91 Å². The summed E-state index contributed by atoms with van der Waals surface area (Å²) in [5.74, 6) is -0.0711. The molecule has 0 spiro atoms. The maximum atomic E-state index is 11.7. The van der Waals surface area contributed by atoms with Gasteiger partial charge < -0.3 is 11.1 Å². The lowest BCUT2D eigenvalue weighted by Gasteiger charge is -2.17. The first kappa shape index (κ1) is 12.7. The van der Waals surface area contributed by atoms with Crippen molar-refractivity contribution in [2.75, 3.05) is 0 Å². The molecule has 3 nitrogen and oxygen atoms in total. The fourth-order valence-electron chi connectivity index (χ4n) is 1.59. The van der Waals surface area contributed by atoms with Gasteiger partial charge in [-0.1, -0.05) is 43.7 Å². The summed E-state index contributed by atoms with van der Waals surface area (Å²) in [6.07, 6.45) is 1.65. The van der Waals surface area contributed by atoms with Crippen LogP contribution in [0.4, 0.5) is 0 Å². The van der Waals surface area contributed by atoms with Crippen molar-refractivity contribution >= 4 is 5.91 Å². The summed E-state index contributed by atoms with van der Waals surface area (Å²) >= 11 is 0. The molecule has 1 aromatic carbocycles. The van der Waals surface area contributed by atoms with Crippen LogP contribution in [0.1, 0.15) is 38.3 Å². The zero-order valence-corrected chi connectivity index (χ0v) is 9.94. The molecule has 16 heavy (non-hydrogen) atoms. The second-order valence-corrected chi connectivity index (χ2v) is 4.04. The molecule has 2 atom stereocenters. The van der Waals surface area contributed by atoms with E-state index in [-0.39, 0.29) is 11.9 Å². The molecule has 0 saturated heterocycles. The van der Waals surface area contributed by atoms with Gasteiger partial charge in [0.05, 0.1) is 12.1 Å². The second kappa shape index (κ2) is 6.28. The van der Waals surface area contributed by atoms with E-state index < -0.39 is 6.04 Å². The van der Waals surface area contributed by atoms with Gasteiger partial charge in [0, 0.05) is 0 Å². The summed E-state index contributed by atoms with van der Waals surface area (Å²) in [6, 6.07) is 9.49. The monoisotopic (exact) mass is 220 g/mol. The van der Waals surface area contributed by atoms with Crippen molar-refractivity contribution in [1.82, 2.24) is 5.32 Å². The lowest BCUT2D eigenvalue weighted by atomic mass is 10.1. The highest BCUT2D eigenvalue weighted by molar-refractivity contribution is 5.81. The van der Waals surface area contributed by atoms with Crippen LogP contribution in [0.2, 0.25) is 0 Å². The molecule has 1 unspecified atom stereocenters. The highest BCUT2D eigenvalue weighted by Gasteiger charge is 2.15. The number of nitrogens with two attached hydrogens (primary N) is 1. The molecule has 0 fully saturated rings. The Morgan fingerprint density at radius 3 is 2.56 bits per heavy atom. The normalized spacial score (nSPS) is 14.2. The Hall–Kier alpha value is -1.35. The molecule has 0 aromatic heterocycles. The van der Waals surface area contributed by atoms with E-state index in [1.54, 1.807) is 0 Å². The van der Waals surface area contributed by atoms with Gasteiger partial charge in [0.25, 0.3) is 0 Å². The molecular weight excluding hydrogens is 200 g/mol. The number of carbonyl (C=O) groups excluding carboxylic acids is 1. The van der Waals surface area contributed by atoms with Crippen molar-refractivity contribution in [1.29, 1.82) is 0 Å². The van der Waals surface area contributed by atoms with Crippen molar-refractivity contribution in [3.8, 4) is 0 Å². The molecule has 0 aliphatic heterocycles. The topological polar surface area (TPSA) is 55.1 Å². The minimum Gasteiger partial charge on any atom is -0.348 e. The second-order valence-electron chi connectivity index (χ2n) is 4.04. The molecule has 3 N–H and O–H groups in total. The molecule has 0 radical (unpaired) electrons. The third kappa shape index (κ3) is 3.66. The van der Waals surface area contributed by atoms with Crippen LogP contribution in [-0.4, -0.2) is 11.9 Å². The average molecular weight is 220 g/mol. The summed E-state index contributed by atoms with van der Waals surface area (Å²) in [4.78, 5) is 11.7. The van der Waals surface area contributed by atoms with Crippen LogP contribution in [0.5, 0.6) is 0 Å². The van der Waals surface area contributed by atoms with E-state index in [9.17, 15) is 4.79 Å². The van der Waals surface area contributed by atoms with Gasteiger partial charge in [-0.3, -0.25) is 4.79 Å². The molecule has 1 amide bonds. The molecule has 0 aliphatic carbocycles. The Kier molecular flexibility index (Phi) is 4.99. The first-order valence-electron chi connectivity index (χ1n) is 5.76. The van der Waals surface area contributed by atoms with Gasteiger partial charge >= 0.3 is 0 Å². The predicted molar refractivity (Wildman–Crippen MR) is 65.9 cm³/mol. The highest BCUT2D eigenvalue weighted by Crippen LogP contribution is 2.11. The zero-order valence-electron chi connectivity index (χ0n) is 9.94. The summed E-state index contributed by atoms with van der Waals surface area (Å²) in [7, 11) is 0.